The number of hydrogen-bond acceptors (Lipinski definition) is 5. The minimum Gasteiger partial charge on any atom is -0.301 e. The number of fused-ring (bicyclic) bond motifs is 1. The fourth-order valence-electron chi connectivity index (χ4n) is 1.25. The van der Waals surface area contributed by atoms with Crippen LogP contribution in [0.15, 0.2) is 24.3 Å². The smallest absolute Gasteiger partial charge is 0.274 e. The van der Waals surface area contributed by atoms with E-state index in [1.807, 2.05) is 18.2 Å². The van der Waals surface area contributed by atoms with Crippen LogP contribution in [0.1, 0.15) is 0 Å². The average molecular weight is 272 g/mol. The third-order valence-electron chi connectivity index (χ3n) is 1.85. The van der Waals surface area contributed by atoms with Gasteiger partial charge in [-0.3, -0.25) is 9.35 Å². The van der Waals surface area contributed by atoms with Crippen LogP contribution in [0, 0.1) is 0 Å². The van der Waals surface area contributed by atoms with Crippen molar-refractivity contribution in [2.45, 2.75) is 0 Å². The van der Waals surface area contributed by atoms with Gasteiger partial charge in [0.2, 0.25) is 5.91 Å². The van der Waals surface area contributed by atoms with Gasteiger partial charge in [-0.05, 0) is 12.1 Å². The summed E-state index contributed by atoms with van der Waals surface area (Å²) in [6.45, 7) is 0. The van der Waals surface area contributed by atoms with Crippen LogP contribution in [-0.2, 0) is 14.9 Å². The summed E-state index contributed by atoms with van der Waals surface area (Å²) in [7, 11) is -4.31. The van der Waals surface area contributed by atoms with Crippen LogP contribution in [0.4, 0.5) is 5.13 Å². The highest BCUT2D eigenvalue weighted by molar-refractivity contribution is 7.86. The van der Waals surface area contributed by atoms with E-state index in [2.05, 4.69) is 10.3 Å². The predicted octanol–water partition coefficient (Wildman–Crippen LogP) is 1.12. The Morgan fingerprint density at radius 2 is 2.12 bits per heavy atom. The molecule has 0 saturated heterocycles. The fraction of sp³-hybridized carbons (Fsp3) is 0.111. The van der Waals surface area contributed by atoms with Gasteiger partial charge in [0.1, 0.15) is 0 Å². The minimum absolute atomic E-state index is 0.305. The molecule has 1 heterocycles. The molecule has 0 spiro atoms. The summed E-state index contributed by atoms with van der Waals surface area (Å²) in [6.07, 6.45) is 0. The van der Waals surface area contributed by atoms with Crippen molar-refractivity contribution < 1.29 is 17.8 Å². The Balaban J connectivity index is 2.16. The summed E-state index contributed by atoms with van der Waals surface area (Å²) in [5.41, 5.74) is 0.722. The van der Waals surface area contributed by atoms with Crippen molar-refractivity contribution >= 4 is 42.7 Å². The standard InChI is InChI=1S/C9H8N2O4S2/c12-8(5-17(13,14)15)11-9-10-6-3-1-2-4-7(6)16-9/h1-4H,5H2,(H,10,11,12)(H,13,14,15). The number of nitrogens with one attached hydrogen (secondary N) is 1. The highest BCUT2D eigenvalue weighted by atomic mass is 32.2. The third-order valence-corrected chi connectivity index (χ3v) is 3.43. The Kier molecular flexibility index (Phi) is 3.09. The van der Waals surface area contributed by atoms with Crippen molar-refractivity contribution in [1.82, 2.24) is 4.98 Å². The minimum atomic E-state index is -4.31. The Hall–Kier alpha value is -1.51. The number of carbonyl (C=O) groups is 1. The number of nitrogens with zero attached hydrogens (tertiary/aromatic N) is 1. The Bertz CT molecular complexity index is 629. The summed E-state index contributed by atoms with van der Waals surface area (Å²) in [5, 5.41) is 2.62. The molecular weight excluding hydrogens is 264 g/mol. The molecule has 6 nitrogen and oxygen atoms in total. The molecule has 0 bridgehead atoms. The number of thiazole rings is 1. The number of hydrogen-bond donors (Lipinski definition) is 2. The number of benzene rings is 1. The molecule has 90 valence electrons. The molecule has 0 aliphatic rings. The van der Waals surface area contributed by atoms with E-state index in [0.29, 0.717) is 5.13 Å². The van der Waals surface area contributed by atoms with Gasteiger partial charge in [0.05, 0.1) is 10.2 Å². The number of amides is 1. The fourth-order valence-corrected chi connectivity index (χ4v) is 2.53. The van der Waals surface area contributed by atoms with Crippen LogP contribution in [-0.4, -0.2) is 29.6 Å². The maximum atomic E-state index is 11.2. The average Bonchev–Trinajstić information content (AvgIpc) is 2.55. The number of anilines is 1. The second-order valence-electron chi connectivity index (χ2n) is 3.26. The molecule has 1 aromatic carbocycles. The molecule has 0 fully saturated rings. The number of carbonyl (C=O) groups excluding carboxylic acids is 1. The van der Waals surface area contributed by atoms with Gasteiger partial charge >= 0.3 is 0 Å². The van der Waals surface area contributed by atoms with Gasteiger partial charge in [0.15, 0.2) is 10.9 Å². The summed E-state index contributed by atoms with van der Waals surface area (Å²) in [4.78, 5) is 15.3. The summed E-state index contributed by atoms with van der Waals surface area (Å²) in [5.74, 6) is -1.78. The second kappa shape index (κ2) is 4.40. The Morgan fingerprint density at radius 3 is 2.76 bits per heavy atom. The van der Waals surface area contributed by atoms with Crippen LogP contribution < -0.4 is 5.32 Å². The first-order valence-electron chi connectivity index (χ1n) is 4.55. The predicted molar refractivity (Wildman–Crippen MR) is 64.7 cm³/mol. The molecule has 0 saturated carbocycles. The van der Waals surface area contributed by atoms with E-state index in [-0.39, 0.29) is 0 Å². The van der Waals surface area contributed by atoms with Gasteiger partial charge in [-0.25, -0.2) is 4.98 Å². The lowest BCUT2D eigenvalue weighted by atomic mass is 10.3. The van der Waals surface area contributed by atoms with E-state index in [9.17, 15) is 13.2 Å². The number of rotatable bonds is 3. The third kappa shape index (κ3) is 3.22. The van der Waals surface area contributed by atoms with E-state index >= 15 is 0 Å². The van der Waals surface area contributed by atoms with E-state index in [4.69, 9.17) is 4.55 Å². The molecular formula is C9H8N2O4S2. The molecule has 0 atom stereocenters. The van der Waals surface area contributed by atoms with Crippen molar-refractivity contribution in [2.24, 2.45) is 0 Å². The maximum absolute atomic E-state index is 11.2. The van der Waals surface area contributed by atoms with Gasteiger partial charge in [-0.15, -0.1) is 0 Å². The molecule has 2 N–H and O–H groups in total. The summed E-state index contributed by atoms with van der Waals surface area (Å²) >= 11 is 1.23. The largest absolute Gasteiger partial charge is 0.301 e. The van der Waals surface area contributed by atoms with E-state index in [1.54, 1.807) is 6.07 Å². The second-order valence-corrected chi connectivity index (χ2v) is 5.74. The number of para-hydroxylation sites is 1. The SMILES string of the molecule is O=C(CS(=O)(=O)O)Nc1nc2ccccc2s1. The van der Waals surface area contributed by atoms with Crippen molar-refractivity contribution in [2.75, 3.05) is 11.1 Å². The molecule has 2 rings (SSSR count). The topological polar surface area (TPSA) is 96.4 Å². The van der Waals surface area contributed by atoms with Crippen LogP contribution >= 0.6 is 11.3 Å². The lowest BCUT2D eigenvalue weighted by Gasteiger charge is -1.97. The van der Waals surface area contributed by atoms with Crippen LogP contribution in [0.2, 0.25) is 0 Å². The van der Waals surface area contributed by atoms with Crippen molar-refractivity contribution in [1.29, 1.82) is 0 Å². The zero-order chi connectivity index (χ0) is 12.5. The molecule has 0 aliphatic carbocycles. The lowest BCUT2D eigenvalue weighted by molar-refractivity contribution is -0.113. The first kappa shape index (κ1) is 12.0. The van der Waals surface area contributed by atoms with Crippen molar-refractivity contribution in [3.63, 3.8) is 0 Å². The highest BCUT2D eigenvalue weighted by Crippen LogP contribution is 2.25. The van der Waals surface area contributed by atoms with Crippen molar-refractivity contribution in [3.05, 3.63) is 24.3 Å². The summed E-state index contributed by atoms with van der Waals surface area (Å²) in [6, 6.07) is 7.27. The van der Waals surface area contributed by atoms with Crippen LogP contribution in [0.25, 0.3) is 10.2 Å². The first-order valence-corrected chi connectivity index (χ1v) is 6.97. The zero-order valence-electron chi connectivity index (χ0n) is 8.45. The molecule has 1 amide bonds. The Morgan fingerprint density at radius 1 is 1.41 bits per heavy atom. The maximum Gasteiger partial charge on any atom is 0.274 e. The molecule has 8 heteroatoms. The molecule has 1 aromatic heterocycles. The van der Waals surface area contributed by atoms with Crippen LogP contribution in [0.5, 0.6) is 0 Å². The van der Waals surface area contributed by atoms with E-state index in [1.165, 1.54) is 11.3 Å². The zero-order valence-corrected chi connectivity index (χ0v) is 10.1. The molecule has 0 unspecified atom stereocenters. The normalized spacial score (nSPS) is 11.6. The first-order chi connectivity index (χ1) is 7.94. The lowest BCUT2D eigenvalue weighted by Crippen LogP contribution is -2.22. The van der Waals surface area contributed by atoms with Gasteiger partial charge < -0.3 is 5.32 Å². The molecule has 0 aliphatic heterocycles. The van der Waals surface area contributed by atoms with E-state index < -0.39 is 21.8 Å². The van der Waals surface area contributed by atoms with Crippen LogP contribution in [0.3, 0.4) is 0 Å². The van der Waals surface area contributed by atoms with Crippen molar-refractivity contribution in [3.8, 4) is 0 Å². The highest BCUT2D eigenvalue weighted by Gasteiger charge is 2.14. The van der Waals surface area contributed by atoms with Gasteiger partial charge in [-0.2, -0.15) is 8.42 Å². The quantitative estimate of drug-likeness (QED) is 0.816. The number of aromatic nitrogens is 1. The summed E-state index contributed by atoms with van der Waals surface area (Å²) < 4.78 is 30.3. The monoisotopic (exact) mass is 272 g/mol. The molecule has 17 heavy (non-hydrogen) atoms. The molecule has 2 aromatic rings. The van der Waals surface area contributed by atoms with E-state index in [0.717, 1.165) is 10.2 Å². The van der Waals surface area contributed by atoms with Gasteiger partial charge in [-0.1, -0.05) is 23.5 Å². The van der Waals surface area contributed by atoms with Gasteiger partial charge in [0.25, 0.3) is 10.1 Å². The Labute approximate surface area is 101 Å². The molecule has 0 radical (unpaired) electrons. The van der Waals surface area contributed by atoms with Gasteiger partial charge in [0, 0.05) is 0 Å².